The van der Waals surface area contributed by atoms with Crippen molar-refractivity contribution < 1.29 is 13.2 Å². The number of piperidine rings is 1. The number of hydrogen-bond donors (Lipinski definition) is 1. The van der Waals surface area contributed by atoms with E-state index in [2.05, 4.69) is 0 Å². The summed E-state index contributed by atoms with van der Waals surface area (Å²) < 4.78 is 22.0. The highest BCUT2D eigenvalue weighted by Crippen LogP contribution is 2.16. The molecule has 0 aliphatic carbocycles. The maximum atomic E-state index is 11.1. The number of rotatable bonds is 4. The second-order valence-corrected chi connectivity index (χ2v) is 6.34. The van der Waals surface area contributed by atoms with Gasteiger partial charge >= 0.3 is 0 Å². The molecule has 0 spiro atoms. The molecule has 1 saturated heterocycles. The van der Waals surface area contributed by atoms with Gasteiger partial charge in [0.25, 0.3) is 0 Å². The Hall–Kier alpha value is -0.620. The van der Waals surface area contributed by atoms with Crippen molar-refractivity contribution in [1.29, 1.82) is 0 Å². The minimum atomic E-state index is -2.97. The Labute approximate surface area is 90.5 Å². The fourth-order valence-electron chi connectivity index (χ4n) is 1.86. The van der Waals surface area contributed by atoms with Crippen LogP contribution in [-0.2, 0) is 14.6 Å². The molecule has 15 heavy (non-hydrogen) atoms. The van der Waals surface area contributed by atoms with Crippen LogP contribution in [0.25, 0.3) is 0 Å². The summed E-state index contributed by atoms with van der Waals surface area (Å²) in [5.41, 5.74) is 5.27. The number of carbonyl (C=O) groups excluding carboxylic acids is 1. The molecule has 88 valence electrons. The third kappa shape index (κ3) is 4.17. The van der Waals surface area contributed by atoms with Gasteiger partial charge in [0, 0.05) is 12.8 Å². The minimum Gasteiger partial charge on any atom is -0.368 e. The summed E-state index contributed by atoms with van der Waals surface area (Å²) in [5.74, 6) is -0.250. The summed E-state index contributed by atoms with van der Waals surface area (Å²) in [5, 5.41) is 0. The monoisotopic (exact) mass is 234 g/mol. The Morgan fingerprint density at radius 2 is 2.13 bits per heavy atom. The van der Waals surface area contributed by atoms with Crippen LogP contribution in [0.3, 0.4) is 0 Å². The molecule has 5 nitrogen and oxygen atoms in total. The molecule has 0 aromatic heterocycles. The first kappa shape index (κ1) is 12.4. The van der Waals surface area contributed by atoms with E-state index in [4.69, 9.17) is 5.73 Å². The van der Waals surface area contributed by atoms with Crippen molar-refractivity contribution in [1.82, 2.24) is 4.90 Å². The molecular weight excluding hydrogens is 216 g/mol. The van der Waals surface area contributed by atoms with Gasteiger partial charge in [0.1, 0.15) is 9.84 Å². The van der Waals surface area contributed by atoms with Crippen LogP contribution in [0.4, 0.5) is 0 Å². The molecular formula is C9H18N2O3S. The van der Waals surface area contributed by atoms with Crippen LogP contribution in [0.1, 0.15) is 19.3 Å². The van der Waals surface area contributed by atoms with E-state index in [-0.39, 0.29) is 17.7 Å². The van der Waals surface area contributed by atoms with Gasteiger partial charge in [0.15, 0.2) is 0 Å². The highest BCUT2D eigenvalue weighted by molar-refractivity contribution is 7.90. The Morgan fingerprint density at radius 1 is 1.47 bits per heavy atom. The van der Waals surface area contributed by atoms with Crippen LogP contribution < -0.4 is 5.73 Å². The zero-order valence-corrected chi connectivity index (χ0v) is 9.79. The van der Waals surface area contributed by atoms with E-state index in [0.29, 0.717) is 6.54 Å². The van der Waals surface area contributed by atoms with Gasteiger partial charge in [-0.2, -0.15) is 0 Å². The molecule has 2 N–H and O–H groups in total. The lowest BCUT2D eigenvalue weighted by molar-refractivity contribution is -0.124. The van der Waals surface area contributed by atoms with Gasteiger partial charge in [-0.25, -0.2) is 8.42 Å². The van der Waals surface area contributed by atoms with Crippen molar-refractivity contribution >= 4 is 15.7 Å². The third-order valence-electron chi connectivity index (χ3n) is 2.69. The first-order valence-electron chi connectivity index (χ1n) is 5.11. The Balaban J connectivity index is 2.54. The average Bonchev–Trinajstić information content (AvgIpc) is 2.14. The van der Waals surface area contributed by atoms with E-state index in [1.54, 1.807) is 0 Å². The Kier molecular flexibility index (Phi) is 4.10. The van der Waals surface area contributed by atoms with Crippen LogP contribution in [0.2, 0.25) is 0 Å². The van der Waals surface area contributed by atoms with Gasteiger partial charge in [0.2, 0.25) is 5.91 Å². The van der Waals surface area contributed by atoms with Gasteiger partial charge in [-0.1, -0.05) is 6.42 Å². The van der Waals surface area contributed by atoms with Crippen molar-refractivity contribution in [3.05, 3.63) is 0 Å². The molecule has 6 heteroatoms. The first-order chi connectivity index (χ1) is 6.90. The second-order valence-electron chi connectivity index (χ2n) is 4.08. The van der Waals surface area contributed by atoms with Crippen molar-refractivity contribution in [2.75, 3.05) is 25.1 Å². The molecule has 0 bridgehead atoms. The summed E-state index contributed by atoms with van der Waals surface area (Å²) >= 11 is 0. The zero-order chi connectivity index (χ0) is 11.5. The van der Waals surface area contributed by atoms with E-state index in [0.717, 1.165) is 25.8 Å². The van der Waals surface area contributed by atoms with Gasteiger partial charge < -0.3 is 5.73 Å². The lowest BCUT2D eigenvalue weighted by atomic mass is 10.0. The van der Waals surface area contributed by atoms with Gasteiger partial charge in [-0.3, -0.25) is 9.69 Å². The van der Waals surface area contributed by atoms with Crippen LogP contribution in [0.15, 0.2) is 0 Å². The number of hydrogen-bond acceptors (Lipinski definition) is 4. The van der Waals surface area contributed by atoms with E-state index < -0.39 is 9.84 Å². The SMILES string of the molecule is CS(=O)(=O)CCN1CCCCC1C(N)=O. The molecule has 1 rings (SSSR count). The standard InChI is InChI=1S/C9H18N2O3S/c1-15(13,14)7-6-11-5-3-2-4-8(11)9(10)12/h8H,2-7H2,1H3,(H2,10,12). The van der Waals surface area contributed by atoms with Gasteiger partial charge in [-0.05, 0) is 19.4 Å². The van der Waals surface area contributed by atoms with Crippen molar-refractivity contribution in [2.24, 2.45) is 5.73 Å². The average molecular weight is 234 g/mol. The molecule has 0 aromatic carbocycles. The fraction of sp³-hybridized carbons (Fsp3) is 0.889. The Bertz CT molecular complexity index is 326. The van der Waals surface area contributed by atoms with E-state index >= 15 is 0 Å². The van der Waals surface area contributed by atoms with Gasteiger partial charge in [-0.15, -0.1) is 0 Å². The molecule has 1 atom stereocenters. The van der Waals surface area contributed by atoms with Crippen LogP contribution in [-0.4, -0.2) is 50.4 Å². The highest BCUT2D eigenvalue weighted by Gasteiger charge is 2.26. The van der Waals surface area contributed by atoms with E-state index in [1.165, 1.54) is 6.26 Å². The van der Waals surface area contributed by atoms with E-state index in [1.807, 2.05) is 4.90 Å². The third-order valence-corrected chi connectivity index (χ3v) is 3.62. The van der Waals surface area contributed by atoms with Crippen LogP contribution in [0.5, 0.6) is 0 Å². The number of nitrogens with zero attached hydrogens (tertiary/aromatic N) is 1. The summed E-state index contributed by atoms with van der Waals surface area (Å²) in [7, 11) is -2.97. The molecule has 0 aromatic rings. The molecule has 0 radical (unpaired) electrons. The predicted octanol–water partition coefficient (Wildman–Crippen LogP) is -0.629. The number of sulfone groups is 1. The number of nitrogens with two attached hydrogens (primary N) is 1. The lowest BCUT2D eigenvalue weighted by Gasteiger charge is -2.33. The number of carbonyl (C=O) groups is 1. The molecule has 1 aliphatic heterocycles. The second kappa shape index (κ2) is 4.94. The zero-order valence-electron chi connectivity index (χ0n) is 8.98. The van der Waals surface area contributed by atoms with Crippen molar-refractivity contribution in [3.63, 3.8) is 0 Å². The number of likely N-dealkylation sites (tertiary alicyclic amines) is 1. The normalized spacial score (nSPS) is 23.9. The highest BCUT2D eigenvalue weighted by atomic mass is 32.2. The van der Waals surface area contributed by atoms with Crippen LogP contribution >= 0.6 is 0 Å². The molecule has 1 aliphatic rings. The molecule has 0 saturated carbocycles. The molecule has 1 heterocycles. The summed E-state index contributed by atoms with van der Waals surface area (Å²) in [6.45, 7) is 1.18. The Morgan fingerprint density at radius 3 is 2.67 bits per heavy atom. The van der Waals surface area contributed by atoms with Crippen molar-refractivity contribution in [2.45, 2.75) is 25.3 Å². The minimum absolute atomic E-state index is 0.0940. The van der Waals surface area contributed by atoms with Gasteiger partial charge in [0.05, 0.1) is 11.8 Å². The molecule has 1 fully saturated rings. The maximum Gasteiger partial charge on any atom is 0.234 e. The quantitative estimate of drug-likeness (QED) is 0.702. The van der Waals surface area contributed by atoms with E-state index in [9.17, 15) is 13.2 Å². The smallest absolute Gasteiger partial charge is 0.234 e. The van der Waals surface area contributed by atoms with Crippen molar-refractivity contribution in [3.8, 4) is 0 Å². The largest absolute Gasteiger partial charge is 0.368 e. The summed E-state index contributed by atoms with van der Waals surface area (Å²) in [4.78, 5) is 13.0. The number of primary amides is 1. The topological polar surface area (TPSA) is 80.5 Å². The number of amides is 1. The predicted molar refractivity (Wildman–Crippen MR) is 58.1 cm³/mol. The first-order valence-corrected chi connectivity index (χ1v) is 7.17. The summed E-state index contributed by atoms with van der Waals surface area (Å²) in [6, 6.07) is -0.277. The molecule has 1 amide bonds. The molecule has 1 unspecified atom stereocenters. The fourth-order valence-corrected chi connectivity index (χ4v) is 2.43. The maximum absolute atomic E-state index is 11.1. The van der Waals surface area contributed by atoms with Crippen LogP contribution in [0, 0.1) is 0 Å². The lowest BCUT2D eigenvalue weighted by Crippen LogP contribution is -2.49. The summed E-state index contributed by atoms with van der Waals surface area (Å²) in [6.07, 6.45) is 3.95.